The molecule has 1 aromatic carbocycles. The van der Waals surface area contributed by atoms with Crippen LogP contribution in [0.25, 0.3) is 11.2 Å². The number of fused-ring (bicyclic) bond motifs is 3. The monoisotopic (exact) mass is 508 g/mol. The average molecular weight is 510 g/mol. The maximum absolute atomic E-state index is 12.4. The number of aliphatic hydroxyl groups excluding tert-OH is 1. The Bertz CT molecular complexity index is 1180. The number of imidazole rings is 1. The van der Waals surface area contributed by atoms with Crippen LogP contribution in [0.4, 0.5) is 5.82 Å². The molecule has 0 saturated carbocycles. The molecule has 1 amide bonds. The fourth-order valence-electron chi connectivity index (χ4n) is 4.00. The van der Waals surface area contributed by atoms with Crippen molar-refractivity contribution < 1.29 is 19.4 Å². The Morgan fingerprint density at radius 3 is 3.06 bits per heavy atom. The number of rotatable bonds is 5. The molecule has 5 rings (SSSR count). The zero-order valence-electron chi connectivity index (χ0n) is 16.2. The number of nitrogens with one attached hydrogen (secondary N) is 2. The third-order valence-corrected chi connectivity index (χ3v) is 6.18. The number of benzene rings is 1. The maximum Gasteiger partial charge on any atom is 0.257 e. The predicted molar refractivity (Wildman–Crippen MR) is 114 cm³/mol. The number of hydrogen-bond donors (Lipinski definition) is 3. The summed E-state index contributed by atoms with van der Waals surface area (Å²) in [7, 11) is 1.48. The maximum atomic E-state index is 12.4. The van der Waals surface area contributed by atoms with E-state index in [0.717, 1.165) is 10.0 Å². The van der Waals surface area contributed by atoms with Crippen molar-refractivity contribution in [3.05, 3.63) is 45.9 Å². The van der Waals surface area contributed by atoms with E-state index in [2.05, 4.69) is 41.5 Å². The van der Waals surface area contributed by atoms with Gasteiger partial charge in [-0.2, -0.15) is 9.97 Å². The lowest BCUT2D eigenvalue weighted by Gasteiger charge is -2.29. The number of carbonyl (C=O) groups excluding carboxylic acids is 1. The van der Waals surface area contributed by atoms with Crippen molar-refractivity contribution in [1.82, 2.24) is 24.8 Å². The molecule has 10 nitrogen and oxygen atoms in total. The van der Waals surface area contributed by atoms with Gasteiger partial charge in [0.15, 0.2) is 23.2 Å². The van der Waals surface area contributed by atoms with Crippen LogP contribution in [0.3, 0.4) is 0 Å². The molecule has 162 valence electrons. The number of likely N-dealkylation sites (N-methyl/N-ethyl adjacent to an activating group) is 1. The number of halogens is 2. The standard InChI is InChI=1S/C19H18BrClN6O4/c1-22-17(29)19-7-30-12(13(19)28)16(31-19)27-8-24-11-14(25-18(21)26-15(11)27)23-6-9-3-2-4-10(20)5-9/h2-5,8,12-13,16,28H,6-7H2,1H3,(H,22,29)(H,23,25,26)/t12-,13?,16+,19-/m0/s1. The van der Waals surface area contributed by atoms with Crippen molar-refractivity contribution >= 4 is 50.4 Å². The fraction of sp³-hybridized carbons (Fsp3) is 0.368. The molecule has 2 aliphatic rings. The van der Waals surface area contributed by atoms with Gasteiger partial charge >= 0.3 is 0 Å². The molecular formula is C19H18BrClN6O4. The van der Waals surface area contributed by atoms with Gasteiger partial charge in [0, 0.05) is 18.1 Å². The Morgan fingerprint density at radius 1 is 1.45 bits per heavy atom. The van der Waals surface area contributed by atoms with Crippen molar-refractivity contribution in [2.24, 2.45) is 0 Å². The minimum Gasteiger partial charge on any atom is -0.387 e. The molecule has 2 aromatic heterocycles. The summed E-state index contributed by atoms with van der Waals surface area (Å²) in [4.78, 5) is 25.4. The van der Waals surface area contributed by atoms with E-state index in [0.29, 0.717) is 23.5 Å². The molecule has 0 aliphatic carbocycles. The number of aliphatic hydroxyl groups is 1. The van der Waals surface area contributed by atoms with Gasteiger partial charge in [0.2, 0.25) is 10.9 Å². The molecule has 2 aliphatic heterocycles. The van der Waals surface area contributed by atoms with Crippen molar-refractivity contribution in [2.45, 2.75) is 30.6 Å². The summed E-state index contributed by atoms with van der Waals surface area (Å²) in [5.74, 6) is 0.0119. The Labute approximate surface area is 190 Å². The Morgan fingerprint density at radius 2 is 2.29 bits per heavy atom. The van der Waals surface area contributed by atoms with Crippen molar-refractivity contribution in [3.8, 4) is 0 Å². The van der Waals surface area contributed by atoms with Gasteiger partial charge in [-0.25, -0.2) is 4.98 Å². The molecular weight excluding hydrogens is 492 g/mol. The lowest BCUT2D eigenvalue weighted by Crippen LogP contribution is -2.53. The van der Waals surface area contributed by atoms with E-state index < -0.39 is 29.9 Å². The topological polar surface area (TPSA) is 123 Å². The molecule has 1 unspecified atom stereocenters. The van der Waals surface area contributed by atoms with E-state index in [1.165, 1.54) is 13.4 Å². The Kier molecular flexibility index (Phi) is 5.10. The molecule has 3 aromatic rings. The number of nitrogens with zero attached hydrogens (tertiary/aromatic N) is 4. The molecule has 3 N–H and O–H groups in total. The van der Waals surface area contributed by atoms with Crippen LogP contribution in [0.5, 0.6) is 0 Å². The zero-order valence-corrected chi connectivity index (χ0v) is 18.6. The lowest BCUT2D eigenvalue weighted by atomic mass is 9.98. The second-order valence-corrected chi connectivity index (χ2v) is 8.60. The van der Waals surface area contributed by atoms with E-state index in [1.807, 2.05) is 24.3 Å². The van der Waals surface area contributed by atoms with Gasteiger partial charge in [-0.05, 0) is 29.3 Å². The fourth-order valence-corrected chi connectivity index (χ4v) is 4.61. The molecule has 4 atom stereocenters. The quantitative estimate of drug-likeness (QED) is 0.444. The summed E-state index contributed by atoms with van der Waals surface area (Å²) >= 11 is 9.63. The molecule has 2 bridgehead atoms. The van der Waals surface area contributed by atoms with Gasteiger partial charge in [-0.1, -0.05) is 28.1 Å². The first-order valence-corrected chi connectivity index (χ1v) is 10.7. The van der Waals surface area contributed by atoms with Crippen LogP contribution in [0, 0.1) is 0 Å². The normalized spacial score (nSPS) is 27.0. The number of ether oxygens (including phenoxy) is 2. The highest BCUT2D eigenvalue weighted by atomic mass is 79.9. The minimum atomic E-state index is -1.47. The molecule has 31 heavy (non-hydrogen) atoms. The minimum absolute atomic E-state index is 0.0247. The highest BCUT2D eigenvalue weighted by molar-refractivity contribution is 9.10. The van der Waals surface area contributed by atoms with Gasteiger partial charge in [-0.3, -0.25) is 9.36 Å². The van der Waals surface area contributed by atoms with Gasteiger partial charge in [0.25, 0.3) is 5.91 Å². The van der Waals surface area contributed by atoms with Crippen LogP contribution in [0.2, 0.25) is 5.28 Å². The second-order valence-electron chi connectivity index (χ2n) is 7.35. The number of carbonyl (C=O) groups is 1. The largest absolute Gasteiger partial charge is 0.387 e. The first-order valence-electron chi connectivity index (χ1n) is 9.51. The highest BCUT2D eigenvalue weighted by Gasteiger charge is 2.65. The first-order chi connectivity index (χ1) is 14.9. The SMILES string of the molecule is CNC(=O)[C@]12CO[C@@H](C1O)[C@H](n1cnc3c(NCc4cccc(Br)c4)nc(Cl)nc31)O2. The second kappa shape index (κ2) is 7.68. The smallest absolute Gasteiger partial charge is 0.257 e. The highest BCUT2D eigenvalue weighted by Crippen LogP contribution is 2.46. The van der Waals surface area contributed by atoms with Crippen LogP contribution in [0.1, 0.15) is 11.8 Å². The molecule has 4 heterocycles. The van der Waals surface area contributed by atoms with Crippen LogP contribution >= 0.6 is 27.5 Å². The molecule has 0 spiro atoms. The van der Waals surface area contributed by atoms with Crippen molar-refractivity contribution in [2.75, 3.05) is 19.0 Å². The Hall–Kier alpha value is -2.31. The molecule has 12 heteroatoms. The first kappa shape index (κ1) is 20.6. The van der Waals surface area contributed by atoms with Crippen molar-refractivity contribution in [3.63, 3.8) is 0 Å². The zero-order chi connectivity index (χ0) is 21.8. The van der Waals surface area contributed by atoms with E-state index in [4.69, 9.17) is 21.1 Å². The van der Waals surface area contributed by atoms with E-state index in [-0.39, 0.29) is 11.9 Å². The number of anilines is 1. The lowest BCUT2D eigenvalue weighted by molar-refractivity contribution is -0.184. The van der Waals surface area contributed by atoms with Gasteiger partial charge in [0.1, 0.15) is 12.2 Å². The van der Waals surface area contributed by atoms with Gasteiger partial charge in [-0.15, -0.1) is 0 Å². The summed E-state index contributed by atoms with van der Waals surface area (Å²) < 4.78 is 14.2. The van der Waals surface area contributed by atoms with E-state index in [1.54, 1.807) is 4.57 Å². The van der Waals surface area contributed by atoms with Crippen LogP contribution in [-0.2, 0) is 20.8 Å². The third-order valence-electron chi connectivity index (χ3n) is 5.52. The number of aromatic nitrogens is 4. The third kappa shape index (κ3) is 3.28. The summed E-state index contributed by atoms with van der Waals surface area (Å²) in [6, 6.07) is 7.86. The van der Waals surface area contributed by atoms with E-state index >= 15 is 0 Å². The van der Waals surface area contributed by atoms with Crippen LogP contribution < -0.4 is 10.6 Å². The molecule has 0 radical (unpaired) electrons. The summed E-state index contributed by atoms with van der Waals surface area (Å²) in [6.45, 7) is 0.468. The number of amides is 1. The van der Waals surface area contributed by atoms with Gasteiger partial charge in [0.05, 0.1) is 12.9 Å². The van der Waals surface area contributed by atoms with Crippen LogP contribution in [-0.4, -0.2) is 62.0 Å². The summed E-state index contributed by atoms with van der Waals surface area (Å²) in [6.07, 6.45) is -1.16. The van der Waals surface area contributed by atoms with Gasteiger partial charge < -0.3 is 25.2 Å². The van der Waals surface area contributed by atoms with Crippen molar-refractivity contribution in [1.29, 1.82) is 0 Å². The summed E-state index contributed by atoms with van der Waals surface area (Å²) in [5.41, 5.74) is 0.447. The van der Waals surface area contributed by atoms with Crippen LogP contribution in [0.15, 0.2) is 35.1 Å². The molecule has 2 saturated heterocycles. The molecule has 2 fully saturated rings. The average Bonchev–Trinajstić information content (AvgIpc) is 3.41. The summed E-state index contributed by atoms with van der Waals surface area (Å²) in [5, 5.41) is 16.4. The predicted octanol–water partition coefficient (Wildman–Crippen LogP) is 1.63. The number of hydrogen-bond acceptors (Lipinski definition) is 8. The van der Waals surface area contributed by atoms with E-state index in [9.17, 15) is 9.90 Å². The Balaban J connectivity index is 1.47.